The van der Waals surface area contributed by atoms with Gasteiger partial charge >= 0.3 is 0 Å². The molecule has 1 aromatic heterocycles. The second-order valence-corrected chi connectivity index (χ2v) is 6.38. The number of nitrogens with one attached hydrogen (secondary N) is 1. The third-order valence-corrected chi connectivity index (χ3v) is 4.26. The molecule has 2 rings (SSSR count). The van der Waals surface area contributed by atoms with Crippen molar-refractivity contribution in [2.45, 2.75) is 45.1 Å². The Labute approximate surface area is 160 Å². The van der Waals surface area contributed by atoms with Gasteiger partial charge in [-0.25, -0.2) is 4.98 Å². The van der Waals surface area contributed by atoms with Gasteiger partial charge in [-0.05, 0) is 43.4 Å². The minimum absolute atomic E-state index is 0.121. The lowest BCUT2D eigenvalue weighted by atomic mass is 10.1. The molecule has 1 unspecified atom stereocenters. The second-order valence-electron chi connectivity index (χ2n) is 6.38. The largest absolute Gasteiger partial charge is 0.497 e. The van der Waals surface area contributed by atoms with Crippen molar-refractivity contribution in [1.29, 1.82) is 0 Å². The number of aliphatic hydroxyl groups excluding tert-OH is 1. The Morgan fingerprint density at radius 1 is 1.22 bits per heavy atom. The Kier molecular flexibility index (Phi) is 8.64. The van der Waals surface area contributed by atoms with E-state index >= 15 is 0 Å². The first-order chi connectivity index (χ1) is 13.2. The molecule has 7 heteroatoms. The van der Waals surface area contributed by atoms with Crippen LogP contribution in [0.5, 0.6) is 11.5 Å². The molecule has 1 atom stereocenters. The molecule has 2 aromatic rings. The zero-order valence-corrected chi connectivity index (χ0v) is 16.1. The van der Waals surface area contributed by atoms with Gasteiger partial charge in [0.05, 0.1) is 19.9 Å². The number of nitrogens with two attached hydrogens (primary N) is 1. The SMILES string of the molecule is CCCC(CCO)Nc1nc(N)ncc1OCCCc1ccc(OC)cc1. The Morgan fingerprint density at radius 3 is 2.67 bits per heavy atom. The van der Waals surface area contributed by atoms with Crippen molar-refractivity contribution in [3.05, 3.63) is 36.0 Å². The van der Waals surface area contributed by atoms with Crippen molar-refractivity contribution in [2.75, 3.05) is 31.4 Å². The van der Waals surface area contributed by atoms with Crippen LogP contribution in [0, 0.1) is 0 Å². The molecule has 0 spiro atoms. The van der Waals surface area contributed by atoms with Crippen LogP contribution < -0.4 is 20.5 Å². The van der Waals surface area contributed by atoms with E-state index in [9.17, 15) is 5.11 Å². The van der Waals surface area contributed by atoms with Gasteiger partial charge in [-0.3, -0.25) is 0 Å². The maximum absolute atomic E-state index is 9.24. The highest BCUT2D eigenvalue weighted by molar-refractivity contribution is 5.51. The van der Waals surface area contributed by atoms with Gasteiger partial charge in [-0.2, -0.15) is 4.98 Å². The molecular weight excluding hydrogens is 344 g/mol. The third kappa shape index (κ3) is 6.94. The predicted molar refractivity (Wildman–Crippen MR) is 107 cm³/mol. The summed E-state index contributed by atoms with van der Waals surface area (Å²) in [5.41, 5.74) is 6.96. The van der Waals surface area contributed by atoms with Gasteiger partial charge in [-0.15, -0.1) is 0 Å². The van der Waals surface area contributed by atoms with E-state index in [1.807, 2.05) is 12.1 Å². The zero-order chi connectivity index (χ0) is 19.5. The van der Waals surface area contributed by atoms with E-state index in [1.54, 1.807) is 13.3 Å². The van der Waals surface area contributed by atoms with Crippen molar-refractivity contribution >= 4 is 11.8 Å². The van der Waals surface area contributed by atoms with Crippen LogP contribution in [0.2, 0.25) is 0 Å². The van der Waals surface area contributed by atoms with Gasteiger partial charge in [0.2, 0.25) is 5.95 Å². The number of hydrogen-bond donors (Lipinski definition) is 3. The molecule has 0 aliphatic carbocycles. The van der Waals surface area contributed by atoms with Crippen LogP contribution in [0.15, 0.2) is 30.5 Å². The van der Waals surface area contributed by atoms with Gasteiger partial charge in [0, 0.05) is 12.6 Å². The Morgan fingerprint density at radius 2 is 2.00 bits per heavy atom. The molecule has 0 fully saturated rings. The van der Waals surface area contributed by atoms with E-state index in [0.717, 1.165) is 31.4 Å². The normalized spacial score (nSPS) is 11.8. The van der Waals surface area contributed by atoms with Crippen molar-refractivity contribution in [3.63, 3.8) is 0 Å². The Bertz CT molecular complexity index is 673. The topological polar surface area (TPSA) is 103 Å². The minimum Gasteiger partial charge on any atom is -0.497 e. The number of aromatic nitrogens is 2. The molecule has 1 heterocycles. The molecule has 0 saturated heterocycles. The van der Waals surface area contributed by atoms with Crippen LogP contribution >= 0.6 is 0 Å². The Balaban J connectivity index is 1.90. The quantitative estimate of drug-likeness (QED) is 0.491. The van der Waals surface area contributed by atoms with E-state index < -0.39 is 0 Å². The molecule has 7 nitrogen and oxygen atoms in total. The fourth-order valence-electron chi connectivity index (χ4n) is 2.83. The summed E-state index contributed by atoms with van der Waals surface area (Å²) in [5, 5.41) is 12.6. The van der Waals surface area contributed by atoms with Crippen LogP contribution in [-0.2, 0) is 6.42 Å². The maximum atomic E-state index is 9.24. The highest BCUT2D eigenvalue weighted by atomic mass is 16.5. The van der Waals surface area contributed by atoms with E-state index in [-0.39, 0.29) is 18.6 Å². The number of methoxy groups -OCH3 is 1. The molecule has 0 aliphatic rings. The lowest BCUT2D eigenvalue weighted by Gasteiger charge is -2.19. The smallest absolute Gasteiger partial charge is 0.222 e. The summed E-state index contributed by atoms with van der Waals surface area (Å²) in [4.78, 5) is 8.30. The fourth-order valence-corrected chi connectivity index (χ4v) is 2.83. The van der Waals surface area contributed by atoms with Crippen molar-refractivity contribution < 1.29 is 14.6 Å². The van der Waals surface area contributed by atoms with Gasteiger partial charge in [-0.1, -0.05) is 25.5 Å². The van der Waals surface area contributed by atoms with Crippen LogP contribution in [0.3, 0.4) is 0 Å². The average molecular weight is 374 g/mol. The minimum atomic E-state index is 0.121. The number of benzene rings is 1. The number of rotatable bonds is 12. The number of aliphatic hydroxyl groups is 1. The highest BCUT2D eigenvalue weighted by Gasteiger charge is 2.13. The lowest BCUT2D eigenvalue weighted by molar-refractivity contribution is 0.276. The summed E-state index contributed by atoms with van der Waals surface area (Å²) < 4.78 is 11.1. The zero-order valence-electron chi connectivity index (χ0n) is 16.1. The van der Waals surface area contributed by atoms with Crippen LogP contribution in [0.25, 0.3) is 0 Å². The molecule has 0 saturated carbocycles. The van der Waals surface area contributed by atoms with E-state index in [0.29, 0.717) is 24.6 Å². The first kappa shape index (κ1) is 20.8. The second kappa shape index (κ2) is 11.2. The highest BCUT2D eigenvalue weighted by Crippen LogP contribution is 2.24. The molecule has 0 aliphatic heterocycles. The van der Waals surface area contributed by atoms with Crippen molar-refractivity contribution in [1.82, 2.24) is 9.97 Å². The van der Waals surface area contributed by atoms with Gasteiger partial charge < -0.3 is 25.6 Å². The van der Waals surface area contributed by atoms with Gasteiger partial charge in [0.25, 0.3) is 0 Å². The van der Waals surface area contributed by atoms with Gasteiger partial charge in [0.15, 0.2) is 11.6 Å². The molecule has 1 aromatic carbocycles. The molecule has 148 valence electrons. The monoisotopic (exact) mass is 374 g/mol. The number of hydrogen-bond acceptors (Lipinski definition) is 7. The number of aryl methyl sites for hydroxylation is 1. The molecular formula is C20H30N4O3. The Hall–Kier alpha value is -2.54. The molecule has 4 N–H and O–H groups in total. The summed E-state index contributed by atoms with van der Waals surface area (Å²) in [5.74, 6) is 2.22. The number of nitrogen functional groups attached to an aromatic ring is 1. The fraction of sp³-hybridized carbons (Fsp3) is 0.500. The maximum Gasteiger partial charge on any atom is 0.222 e. The summed E-state index contributed by atoms with van der Waals surface area (Å²) in [7, 11) is 1.66. The van der Waals surface area contributed by atoms with Crippen molar-refractivity contribution in [3.8, 4) is 11.5 Å². The number of ether oxygens (including phenoxy) is 2. The molecule has 27 heavy (non-hydrogen) atoms. The van der Waals surface area contributed by atoms with Crippen LogP contribution in [0.1, 0.15) is 38.2 Å². The summed E-state index contributed by atoms with van der Waals surface area (Å²) in [6.45, 7) is 2.78. The number of anilines is 2. The first-order valence-corrected chi connectivity index (χ1v) is 9.41. The average Bonchev–Trinajstić information content (AvgIpc) is 2.67. The predicted octanol–water partition coefficient (Wildman–Crippen LogP) is 3.04. The van der Waals surface area contributed by atoms with Gasteiger partial charge in [0.1, 0.15) is 5.75 Å². The number of nitrogens with zero attached hydrogens (tertiary/aromatic N) is 2. The molecule has 0 radical (unpaired) electrons. The summed E-state index contributed by atoms with van der Waals surface area (Å²) in [6, 6.07) is 8.16. The van der Waals surface area contributed by atoms with Crippen molar-refractivity contribution in [2.24, 2.45) is 0 Å². The van der Waals surface area contributed by atoms with Crippen LogP contribution in [0.4, 0.5) is 11.8 Å². The third-order valence-electron chi connectivity index (χ3n) is 4.26. The van der Waals surface area contributed by atoms with E-state index in [1.165, 1.54) is 5.56 Å². The standard InChI is InChI=1S/C20H30N4O3/c1-3-5-16(11-12-25)23-19-18(14-22-20(21)24-19)27-13-4-6-15-7-9-17(26-2)10-8-15/h7-10,14,16,25H,3-6,11-13H2,1-2H3,(H3,21,22,23,24). The van der Waals surface area contributed by atoms with E-state index in [4.69, 9.17) is 15.2 Å². The summed E-state index contributed by atoms with van der Waals surface area (Å²) >= 11 is 0. The summed E-state index contributed by atoms with van der Waals surface area (Å²) in [6.07, 6.45) is 5.96. The first-order valence-electron chi connectivity index (χ1n) is 9.41. The van der Waals surface area contributed by atoms with Crippen LogP contribution in [-0.4, -0.2) is 41.4 Å². The van der Waals surface area contributed by atoms with E-state index in [2.05, 4.69) is 34.3 Å². The molecule has 0 bridgehead atoms. The molecule has 0 amide bonds. The lowest BCUT2D eigenvalue weighted by Crippen LogP contribution is -2.22.